The van der Waals surface area contributed by atoms with Gasteiger partial charge in [-0.05, 0) is 42.5 Å². The monoisotopic (exact) mass is 384 g/mol. The molecule has 0 aliphatic rings. The van der Waals surface area contributed by atoms with E-state index in [4.69, 9.17) is 34.8 Å². The summed E-state index contributed by atoms with van der Waals surface area (Å²) in [6, 6.07) is 11.5. The summed E-state index contributed by atoms with van der Waals surface area (Å²) >= 11 is 17.8. The summed E-state index contributed by atoms with van der Waals surface area (Å²) < 4.78 is 0. The van der Waals surface area contributed by atoms with E-state index in [-0.39, 0.29) is 24.9 Å². The average molecular weight is 386 g/mol. The third-order valence-electron chi connectivity index (χ3n) is 3.31. The number of hydrogen-bond acceptors (Lipinski definition) is 2. The van der Waals surface area contributed by atoms with E-state index in [1.165, 1.54) is 11.8 Å². The average Bonchev–Trinajstić information content (AvgIpc) is 2.52. The van der Waals surface area contributed by atoms with E-state index < -0.39 is 0 Å². The third-order valence-corrected chi connectivity index (χ3v) is 4.10. The molecule has 4 nitrogen and oxygen atoms in total. The van der Waals surface area contributed by atoms with Gasteiger partial charge in [0.15, 0.2) is 0 Å². The van der Waals surface area contributed by atoms with Crippen molar-refractivity contribution in [2.24, 2.45) is 0 Å². The van der Waals surface area contributed by atoms with E-state index in [9.17, 15) is 9.59 Å². The summed E-state index contributed by atoms with van der Waals surface area (Å²) in [6.07, 6.45) is 0. The Hall–Kier alpha value is -1.75. The molecule has 24 heavy (non-hydrogen) atoms. The molecule has 0 fully saturated rings. The van der Waals surface area contributed by atoms with Crippen LogP contribution in [-0.2, 0) is 4.79 Å². The maximum atomic E-state index is 12.1. The molecule has 0 spiro atoms. The van der Waals surface area contributed by atoms with Crippen LogP contribution in [0.3, 0.4) is 0 Å². The summed E-state index contributed by atoms with van der Waals surface area (Å²) in [5.41, 5.74) is 1.05. The molecule has 0 unspecified atom stereocenters. The number of nitrogens with zero attached hydrogens (tertiary/aromatic N) is 1. The van der Waals surface area contributed by atoms with Crippen LogP contribution in [0.15, 0.2) is 42.5 Å². The predicted molar refractivity (Wildman–Crippen MR) is 98.3 cm³/mol. The number of halogens is 3. The van der Waals surface area contributed by atoms with Crippen molar-refractivity contribution in [3.63, 3.8) is 0 Å². The Morgan fingerprint density at radius 3 is 2.21 bits per heavy atom. The zero-order valence-corrected chi connectivity index (χ0v) is 15.1. The molecule has 0 aromatic heterocycles. The molecule has 126 valence electrons. The molecule has 2 aromatic carbocycles. The molecule has 0 radical (unpaired) electrons. The Kier molecular flexibility index (Phi) is 6.49. The Labute approximate surface area is 155 Å². The third kappa shape index (κ3) is 4.87. The van der Waals surface area contributed by atoms with Crippen LogP contribution in [0.4, 0.5) is 5.69 Å². The van der Waals surface area contributed by atoms with E-state index in [0.29, 0.717) is 26.3 Å². The highest BCUT2D eigenvalue weighted by atomic mass is 35.5. The summed E-state index contributed by atoms with van der Waals surface area (Å²) in [5, 5.41) is 4.19. The highest BCUT2D eigenvalue weighted by Gasteiger charge is 2.15. The largest absolute Gasteiger partial charge is 0.350 e. The van der Waals surface area contributed by atoms with Gasteiger partial charge < -0.3 is 10.2 Å². The van der Waals surface area contributed by atoms with Crippen molar-refractivity contribution in [2.45, 2.75) is 6.92 Å². The molecule has 0 saturated carbocycles. The Morgan fingerprint density at radius 1 is 1.00 bits per heavy atom. The molecular weight excluding hydrogens is 371 g/mol. The zero-order chi connectivity index (χ0) is 17.7. The van der Waals surface area contributed by atoms with Gasteiger partial charge in [-0.25, -0.2) is 0 Å². The van der Waals surface area contributed by atoms with Crippen molar-refractivity contribution in [2.75, 3.05) is 18.0 Å². The smallest absolute Gasteiger partial charge is 0.251 e. The fraction of sp³-hybridized carbons (Fsp3) is 0.176. The lowest BCUT2D eigenvalue weighted by molar-refractivity contribution is -0.116. The van der Waals surface area contributed by atoms with Crippen LogP contribution < -0.4 is 10.2 Å². The minimum Gasteiger partial charge on any atom is -0.350 e. The molecule has 1 N–H and O–H groups in total. The van der Waals surface area contributed by atoms with E-state index >= 15 is 0 Å². The van der Waals surface area contributed by atoms with E-state index in [2.05, 4.69) is 5.32 Å². The molecule has 0 heterocycles. The van der Waals surface area contributed by atoms with Gasteiger partial charge in [0.1, 0.15) is 0 Å². The number of benzene rings is 2. The first-order valence-corrected chi connectivity index (χ1v) is 8.29. The molecule has 0 atom stereocenters. The maximum Gasteiger partial charge on any atom is 0.251 e. The summed E-state index contributed by atoms with van der Waals surface area (Å²) in [5.74, 6) is -0.419. The number of amides is 2. The SMILES string of the molecule is CC(=O)N(CCNC(=O)c1ccc(Cl)cc1)c1ccc(Cl)cc1Cl. The van der Waals surface area contributed by atoms with Gasteiger partial charge in [0.2, 0.25) is 5.91 Å². The second-order valence-electron chi connectivity index (χ2n) is 5.03. The van der Waals surface area contributed by atoms with Crippen LogP contribution in [-0.4, -0.2) is 24.9 Å². The number of nitrogens with one attached hydrogen (secondary N) is 1. The Bertz CT molecular complexity index is 748. The first-order valence-electron chi connectivity index (χ1n) is 7.15. The number of carbonyl (C=O) groups excluding carboxylic acids is 2. The number of carbonyl (C=O) groups is 2. The lowest BCUT2D eigenvalue weighted by Gasteiger charge is -2.22. The molecule has 2 aromatic rings. The first-order chi connectivity index (χ1) is 11.4. The van der Waals surface area contributed by atoms with Crippen molar-refractivity contribution in [1.29, 1.82) is 0 Å². The van der Waals surface area contributed by atoms with Crippen LogP contribution in [0.2, 0.25) is 15.1 Å². The van der Waals surface area contributed by atoms with Crippen molar-refractivity contribution in [3.8, 4) is 0 Å². The van der Waals surface area contributed by atoms with Crippen molar-refractivity contribution in [3.05, 3.63) is 63.1 Å². The van der Waals surface area contributed by atoms with Gasteiger partial charge in [-0.15, -0.1) is 0 Å². The maximum absolute atomic E-state index is 12.1. The second kappa shape index (κ2) is 8.38. The van der Waals surface area contributed by atoms with Gasteiger partial charge >= 0.3 is 0 Å². The summed E-state index contributed by atoms with van der Waals surface area (Å²) in [7, 11) is 0. The van der Waals surface area contributed by atoms with Crippen LogP contribution >= 0.6 is 34.8 Å². The molecule has 2 rings (SSSR count). The van der Waals surface area contributed by atoms with E-state index in [0.717, 1.165) is 0 Å². The molecule has 2 amide bonds. The molecule has 0 aliphatic heterocycles. The van der Waals surface area contributed by atoms with Gasteiger partial charge in [0.05, 0.1) is 10.7 Å². The quantitative estimate of drug-likeness (QED) is 0.827. The van der Waals surface area contributed by atoms with Gasteiger partial charge in [0, 0.05) is 35.6 Å². The second-order valence-corrected chi connectivity index (χ2v) is 6.31. The molecular formula is C17H15Cl3N2O2. The van der Waals surface area contributed by atoms with Crippen LogP contribution in [0, 0.1) is 0 Å². The highest BCUT2D eigenvalue weighted by molar-refractivity contribution is 6.36. The van der Waals surface area contributed by atoms with Gasteiger partial charge in [-0.1, -0.05) is 34.8 Å². The minimum atomic E-state index is -0.239. The highest BCUT2D eigenvalue weighted by Crippen LogP contribution is 2.28. The topological polar surface area (TPSA) is 49.4 Å². The van der Waals surface area contributed by atoms with Gasteiger partial charge in [0.25, 0.3) is 5.91 Å². The normalized spacial score (nSPS) is 10.3. The van der Waals surface area contributed by atoms with Crippen molar-refractivity contribution >= 4 is 52.3 Å². The summed E-state index contributed by atoms with van der Waals surface area (Å²) in [4.78, 5) is 25.4. The summed E-state index contributed by atoms with van der Waals surface area (Å²) in [6.45, 7) is 2.00. The van der Waals surface area contributed by atoms with Gasteiger partial charge in [-0.3, -0.25) is 9.59 Å². The van der Waals surface area contributed by atoms with Gasteiger partial charge in [-0.2, -0.15) is 0 Å². The zero-order valence-electron chi connectivity index (χ0n) is 12.9. The number of hydrogen-bond donors (Lipinski definition) is 1. The van der Waals surface area contributed by atoms with Crippen LogP contribution in [0.1, 0.15) is 17.3 Å². The van der Waals surface area contributed by atoms with Crippen LogP contribution in [0.5, 0.6) is 0 Å². The molecule has 0 aliphatic carbocycles. The fourth-order valence-electron chi connectivity index (χ4n) is 2.13. The fourth-order valence-corrected chi connectivity index (χ4v) is 2.77. The standard InChI is InChI=1S/C17H15Cl3N2O2/c1-11(23)22(16-7-6-14(19)10-15(16)20)9-8-21-17(24)12-2-4-13(18)5-3-12/h2-7,10H,8-9H2,1H3,(H,21,24). The number of anilines is 1. The number of rotatable bonds is 5. The molecule has 7 heteroatoms. The predicted octanol–water partition coefficient (Wildman–Crippen LogP) is 4.43. The van der Waals surface area contributed by atoms with Crippen molar-refractivity contribution < 1.29 is 9.59 Å². The lowest BCUT2D eigenvalue weighted by Crippen LogP contribution is -2.37. The Morgan fingerprint density at radius 2 is 1.62 bits per heavy atom. The molecule has 0 bridgehead atoms. The minimum absolute atomic E-state index is 0.181. The van der Waals surface area contributed by atoms with Crippen LogP contribution in [0.25, 0.3) is 0 Å². The van der Waals surface area contributed by atoms with E-state index in [1.807, 2.05) is 0 Å². The molecule has 0 saturated heterocycles. The van der Waals surface area contributed by atoms with Crippen molar-refractivity contribution in [1.82, 2.24) is 5.32 Å². The lowest BCUT2D eigenvalue weighted by atomic mass is 10.2. The Balaban J connectivity index is 2.00. The van der Waals surface area contributed by atoms with E-state index in [1.54, 1.807) is 42.5 Å². The first kappa shape index (κ1) is 18.6.